The molecule has 0 aliphatic rings. The Bertz CT molecular complexity index is 686. The van der Waals surface area contributed by atoms with E-state index in [-0.39, 0.29) is 12.3 Å². The van der Waals surface area contributed by atoms with Gasteiger partial charge in [-0.2, -0.15) is 0 Å². The second-order valence-electron chi connectivity index (χ2n) is 4.86. The minimum atomic E-state index is -0.128. The molecule has 0 bridgehead atoms. The van der Waals surface area contributed by atoms with Gasteiger partial charge >= 0.3 is 0 Å². The normalized spacial score (nSPS) is 10.2. The van der Waals surface area contributed by atoms with Gasteiger partial charge < -0.3 is 14.8 Å². The summed E-state index contributed by atoms with van der Waals surface area (Å²) < 4.78 is 10.5. The van der Waals surface area contributed by atoms with Crippen molar-refractivity contribution < 1.29 is 14.3 Å². The average molecular weight is 320 g/mol. The number of hydrogen-bond donors (Lipinski definition) is 1. The smallest absolute Gasteiger partial charge is 0.228 e. The van der Waals surface area contributed by atoms with Crippen LogP contribution in [0.25, 0.3) is 0 Å². The Labute approximate surface area is 135 Å². The van der Waals surface area contributed by atoms with E-state index in [0.717, 1.165) is 16.8 Å². The van der Waals surface area contributed by atoms with Crippen molar-refractivity contribution in [1.82, 2.24) is 0 Å². The Morgan fingerprint density at radius 1 is 1.14 bits per heavy atom. The van der Waals surface area contributed by atoms with Gasteiger partial charge in [-0.25, -0.2) is 0 Å². The summed E-state index contributed by atoms with van der Waals surface area (Å²) in [7, 11) is 3.16. The number of carbonyl (C=O) groups is 1. The summed E-state index contributed by atoms with van der Waals surface area (Å²) in [6, 6.07) is 10.7. The van der Waals surface area contributed by atoms with Gasteiger partial charge in [0, 0.05) is 16.3 Å². The van der Waals surface area contributed by atoms with E-state index in [1.54, 1.807) is 44.6 Å². The molecule has 1 amide bonds. The Morgan fingerprint density at radius 2 is 1.91 bits per heavy atom. The number of halogens is 1. The largest absolute Gasteiger partial charge is 0.497 e. The molecule has 0 unspecified atom stereocenters. The first-order chi connectivity index (χ1) is 10.5. The summed E-state index contributed by atoms with van der Waals surface area (Å²) in [6.45, 7) is 1.90. The van der Waals surface area contributed by atoms with Crippen molar-refractivity contribution in [3.05, 3.63) is 52.5 Å². The van der Waals surface area contributed by atoms with Gasteiger partial charge in [0.15, 0.2) is 0 Å². The maximum absolute atomic E-state index is 12.2. The van der Waals surface area contributed by atoms with Gasteiger partial charge in [0.25, 0.3) is 0 Å². The number of methoxy groups -OCH3 is 2. The van der Waals surface area contributed by atoms with Crippen LogP contribution in [-0.2, 0) is 11.2 Å². The number of hydrogen-bond acceptors (Lipinski definition) is 3. The second-order valence-corrected chi connectivity index (χ2v) is 5.30. The maximum atomic E-state index is 12.2. The van der Waals surface area contributed by atoms with E-state index in [4.69, 9.17) is 21.1 Å². The molecule has 2 rings (SSSR count). The monoisotopic (exact) mass is 319 g/mol. The van der Waals surface area contributed by atoms with E-state index in [9.17, 15) is 4.79 Å². The summed E-state index contributed by atoms with van der Waals surface area (Å²) >= 11 is 5.91. The Kier molecular flexibility index (Phi) is 5.28. The summed E-state index contributed by atoms with van der Waals surface area (Å²) in [5, 5.41) is 3.52. The molecule has 0 fully saturated rings. The van der Waals surface area contributed by atoms with Crippen LogP contribution in [0.3, 0.4) is 0 Å². The topological polar surface area (TPSA) is 47.6 Å². The van der Waals surface area contributed by atoms with Crippen molar-refractivity contribution in [3.8, 4) is 11.5 Å². The van der Waals surface area contributed by atoms with Crippen LogP contribution in [0.5, 0.6) is 11.5 Å². The average Bonchev–Trinajstić information content (AvgIpc) is 2.50. The van der Waals surface area contributed by atoms with Gasteiger partial charge in [-0.3, -0.25) is 4.79 Å². The van der Waals surface area contributed by atoms with Crippen LogP contribution >= 0.6 is 11.6 Å². The van der Waals surface area contributed by atoms with Crippen molar-refractivity contribution in [2.45, 2.75) is 13.3 Å². The predicted molar refractivity (Wildman–Crippen MR) is 88.1 cm³/mol. The number of ether oxygens (including phenoxy) is 2. The molecule has 0 aromatic heterocycles. The number of rotatable bonds is 5. The fraction of sp³-hybridized carbons (Fsp3) is 0.235. The summed E-state index contributed by atoms with van der Waals surface area (Å²) in [5.41, 5.74) is 2.43. The van der Waals surface area contributed by atoms with Crippen molar-refractivity contribution in [3.63, 3.8) is 0 Å². The lowest BCUT2D eigenvalue weighted by Crippen LogP contribution is -2.15. The Balaban J connectivity index is 2.14. The summed E-state index contributed by atoms with van der Waals surface area (Å²) in [5.74, 6) is 1.21. The van der Waals surface area contributed by atoms with Crippen molar-refractivity contribution in [2.24, 2.45) is 0 Å². The third-order valence-corrected chi connectivity index (χ3v) is 3.54. The lowest BCUT2D eigenvalue weighted by atomic mass is 10.1. The minimum absolute atomic E-state index is 0.128. The molecule has 1 N–H and O–H groups in total. The van der Waals surface area contributed by atoms with Crippen molar-refractivity contribution in [2.75, 3.05) is 19.5 Å². The van der Waals surface area contributed by atoms with Gasteiger partial charge in [-0.1, -0.05) is 11.6 Å². The highest BCUT2D eigenvalue weighted by Crippen LogP contribution is 2.25. The molecule has 0 spiro atoms. The number of carbonyl (C=O) groups excluding carboxylic acids is 1. The highest BCUT2D eigenvalue weighted by Gasteiger charge is 2.11. The van der Waals surface area contributed by atoms with Crippen molar-refractivity contribution >= 4 is 23.2 Å². The van der Waals surface area contributed by atoms with Crippen LogP contribution in [0.15, 0.2) is 36.4 Å². The minimum Gasteiger partial charge on any atom is -0.497 e. The lowest BCUT2D eigenvalue weighted by Gasteiger charge is -2.12. The van der Waals surface area contributed by atoms with E-state index < -0.39 is 0 Å². The number of aryl methyl sites for hydroxylation is 1. The molecule has 0 aliphatic carbocycles. The number of nitrogens with one attached hydrogen (secondary N) is 1. The van der Waals surface area contributed by atoms with Crippen LogP contribution in [0, 0.1) is 6.92 Å². The van der Waals surface area contributed by atoms with Gasteiger partial charge in [0.05, 0.1) is 20.6 Å². The van der Waals surface area contributed by atoms with Gasteiger partial charge in [-0.05, 0) is 48.9 Å². The molecule has 22 heavy (non-hydrogen) atoms. The summed E-state index contributed by atoms with van der Waals surface area (Å²) in [6.07, 6.45) is 0.197. The van der Waals surface area contributed by atoms with E-state index >= 15 is 0 Å². The molecule has 0 atom stereocenters. The molecular formula is C17H18ClNO3. The first-order valence-corrected chi connectivity index (χ1v) is 7.18. The highest BCUT2D eigenvalue weighted by molar-refractivity contribution is 6.30. The Hall–Kier alpha value is -2.20. The third-order valence-electron chi connectivity index (χ3n) is 3.30. The van der Waals surface area contributed by atoms with Crippen LogP contribution in [0.2, 0.25) is 5.02 Å². The van der Waals surface area contributed by atoms with Crippen LogP contribution in [0.4, 0.5) is 5.69 Å². The number of benzene rings is 2. The molecule has 2 aromatic rings. The number of amides is 1. The SMILES string of the molecule is COc1ccc(OC)c(CC(=O)Nc2ccc(Cl)cc2C)c1. The maximum Gasteiger partial charge on any atom is 0.228 e. The molecule has 116 valence electrons. The quantitative estimate of drug-likeness (QED) is 0.910. The van der Waals surface area contributed by atoms with E-state index in [1.165, 1.54) is 0 Å². The second kappa shape index (κ2) is 7.18. The molecular weight excluding hydrogens is 302 g/mol. The lowest BCUT2D eigenvalue weighted by molar-refractivity contribution is -0.115. The zero-order valence-corrected chi connectivity index (χ0v) is 13.5. The first-order valence-electron chi connectivity index (χ1n) is 6.80. The van der Waals surface area contributed by atoms with E-state index in [2.05, 4.69) is 5.32 Å². The fourth-order valence-electron chi connectivity index (χ4n) is 2.15. The molecule has 0 saturated heterocycles. The van der Waals surface area contributed by atoms with Crippen LogP contribution < -0.4 is 14.8 Å². The van der Waals surface area contributed by atoms with Crippen molar-refractivity contribution in [1.29, 1.82) is 0 Å². The predicted octanol–water partition coefficient (Wildman–Crippen LogP) is 3.85. The third kappa shape index (κ3) is 3.92. The van der Waals surface area contributed by atoms with E-state index in [1.807, 2.05) is 13.0 Å². The van der Waals surface area contributed by atoms with Crippen LogP contribution in [-0.4, -0.2) is 20.1 Å². The summed E-state index contributed by atoms with van der Waals surface area (Å²) in [4.78, 5) is 12.2. The molecule has 0 radical (unpaired) electrons. The zero-order valence-electron chi connectivity index (χ0n) is 12.8. The highest BCUT2D eigenvalue weighted by atomic mass is 35.5. The Morgan fingerprint density at radius 3 is 2.55 bits per heavy atom. The molecule has 4 nitrogen and oxygen atoms in total. The molecule has 0 aliphatic heterocycles. The van der Waals surface area contributed by atoms with Gasteiger partial charge in [0.1, 0.15) is 11.5 Å². The standard InChI is InChI=1S/C17H18ClNO3/c1-11-8-13(18)4-6-15(11)19-17(20)10-12-9-14(21-2)5-7-16(12)22-3/h4-9H,10H2,1-3H3,(H,19,20). The molecule has 2 aromatic carbocycles. The van der Waals surface area contributed by atoms with Gasteiger partial charge in [0.2, 0.25) is 5.91 Å². The molecule has 0 heterocycles. The first kappa shape index (κ1) is 16.2. The fourth-order valence-corrected chi connectivity index (χ4v) is 2.38. The molecule has 5 heteroatoms. The number of anilines is 1. The van der Waals surface area contributed by atoms with E-state index in [0.29, 0.717) is 16.5 Å². The molecule has 0 saturated carbocycles. The zero-order chi connectivity index (χ0) is 16.1. The van der Waals surface area contributed by atoms with Gasteiger partial charge in [-0.15, -0.1) is 0 Å². The van der Waals surface area contributed by atoms with Crippen LogP contribution in [0.1, 0.15) is 11.1 Å².